The van der Waals surface area contributed by atoms with E-state index in [1.165, 1.54) is 16.7 Å². The van der Waals surface area contributed by atoms with Crippen LogP contribution in [0.15, 0.2) is 24.3 Å². The molecule has 1 saturated heterocycles. The van der Waals surface area contributed by atoms with Crippen molar-refractivity contribution in [3.63, 3.8) is 0 Å². The van der Waals surface area contributed by atoms with Gasteiger partial charge in [-0.2, -0.15) is 5.26 Å². The molecule has 1 unspecified atom stereocenters. The summed E-state index contributed by atoms with van der Waals surface area (Å²) in [6, 6.07) is 10.8. The Labute approximate surface area is 190 Å². The molecule has 2 aromatic rings. The molecule has 6 nitrogen and oxygen atoms in total. The van der Waals surface area contributed by atoms with Crippen molar-refractivity contribution in [2.75, 3.05) is 38.3 Å². The molecule has 1 aliphatic heterocycles. The minimum absolute atomic E-state index is 0.0594. The van der Waals surface area contributed by atoms with E-state index < -0.39 is 0 Å². The fourth-order valence-electron chi connectivity index (χ4n) is 4.80. The minimum atomic E-state index is 0.0594. The maximum absolute atomic E-state index is 12.5. The van der Waals surface area contributed by atoms with E-state index in [0.717, 1.165) is 29.9 Å². The third kappa shape index (κ3) is 4.35. The average Bonchev–Trinajstić information content (AvgIpc) is 3.62. The topological polar surface area (TPSA) is 69.5 Å². The highest BCUT2D eigenvalue weighted by atomic mass is 16.5. The summed E-state index contributed by atoms with van der Waals surface area (Å²) in [6.45, 7) is 8.74. The lowest BCUT2D eigenvalue weighted by Gasteiger charge is -2.41. The molecule has 1 saturated carbocycles. The number of hydrogen-bond donors (Lipinski definition) is 0. The van der Waals surface area contributed by atoms with Crippen LogP contribution in [0.3, 0.4) is 0 Å². The highest BCUT2D eigenvalue weighted by molar-refractivity contribution is 5.78. The van der Waals surface area contributed by atoms with Gasteiger partial charge in [0.15, 0.2) is 0 Å². The van der Waals surface area contributed by atoms with E-state index in [2.05, 4.69) is 49.9 Å². The number of pyridine rings is 1. The fraction of sp³-hybridized carbons (Fsp3) is 0.500. The summed E-state index contributed by atoms with van der Waals surface area (Å²) in [5, 5.41) is 10.0. The second-order valence-corrected chi connectivity index (χ2v) is 9.07. The zero-order valence-corrected chi connectivity index (χ0v) is 19.5. The number of benzene rings is 1. The molecular weight excluding hydrogens is 400 g/mol. The van der Waals surface area contributed by atoms with Gasteiger partial charge in [-0.05, 0) is 56.4 Å². The smallest absolute Gasteiger partial charge is 0.225 e. The molecule has 2 heterocycles. The molecular formula is C26H32N4O2. The number of aromatic nitrogens is 1. The highest BCUT2D eigenvalue weighted by Crippen LogP contribution is 2.46. The van der Waals surface area contributed by atoms with E-state index in [9.17, 15) is 10.1 Å². The zero-order valence-electron chi connectivity index (χ0n) is 19.5. The predicted molar refractivity (Wildman–Crippen MR) is 126 cm³/mol. The maximum Gasteiger partial charge on any atom is 0.225 e. The van der Waals surface area contributed by atoms with Gasteiger partial charge in [-0.15, -0.1) is 0 Å². The molecule has 0 spiro atoms. The third-order valence-corrected chi connectivity index (χ3v) is 6.63. The minimum Gasteiger partial charge on any atom is -0.384 e. The van der Waals surface area contributed by atoms with E-state index >= 15 is 0 Å². The number of amides is 1. The van der Waals surface area contributed by atoms with Crippen LogP contribution in [0, 0.1) is 25.2 Å². The van der Waals surface area contributed by atoms with Gasteiger partial charge in [-0.25, -0.2) is 4.98 Å². The molecule has 1 atom stereocenters. The van der Waals surface area contributed by atoms with Crippen LogP contribution in [-0.4, -0.2) is 55.2 Å². The first-order valence-electron chi connectivity index (χ1n) is 11.5. The van der Waals surface area contributed by atoms with Crippen LogP contribution in [-0.2, 0) is 9.53 Å². The highest BCUT2D eigenvalue weighted by Gasteiger charge is 2.33. The number of piperazine rings is 1. The van der Waals surface area contributed by atoms with Gasteiger partial charge in [-0.3, -0.25) is 4.79 Å². The molecule has 1 aromatic heterocycles. The molecule has 1 aromatic carbocycles. The van der Waals surface area contributed by atoms with E-state index in [-0.39, 0.29) is 11.9 Å². The first-order valence-corrected chi connectivity index (χ1v) is 11.5. The van der Waals surface area contributed by atoms with Crippen LogP contribution in [0.5, 0.6) is 0 Å². The van der Waals surface area contributed by atoms with Crippen molar-refractivity contribution in [1.82, 2.24) is 9.88 Å². The fourth-order valence-corrected chi connectivity index (χ4v) is 4.80. The summed E-state index contributed by atoms with van der Waals surface area (Å²) in [4.78, 5) is 21.7. The molecule has 6 heteroatoms. The number of hydrogen-bond acceptors (Lipinski definition) is 5. The number of rotatable bonds is 6. The molecule has 0 radical (unpaired) electrons. The van der Waals surface area contributed by atoms with E-state index in [1.807, 2.05) is 11.0 Å². The second-order valence-electron chi connectivity index (χ2n) is 9.07. The van der Waals surface area contributed by atoms with Gasteiger partial charge >= 0.3 is 0 Å². The van der Waals surface area contributed by atoms with Gasteiger partial charge < -0.3 is 14.5 Å². The Hall–Kier alpha value is -2.91. The lowest BCUT2D eigenvalue weighted by molar-refractivity contribution is -0.134. The average molecular weight is 433 g/mol. The van der Waals surface area contributed by atoms with Crippen molar-refractivity contribution in [3.8, 4) is 17.2 Å². The predicted octanol–water partition coefficient (Wildman–Crippen LogP) is 4.19. The molecule has 32 heavy (non-hydrogen) atoms. The molecule has 168 valence electrons. The third-order valence-electron chi connectivity index (χ3n) is 6.63. The summed E-state index contributed by atoms with van der Waals surface area (Å²) in [6.07, 6.45) is 2.70. The van der Waals surface area contributed by atoms with Crippen LogP contribution < -0.4 is 4.90 Å². The Bertz CT molecular complexity index is 1030. The molecule has 0 bridgehead atoms. The number of nitriles is 1. The van der Waals surface area contributed by atoms with Crippen molar-refractivity contribution in [1.29, 1.82) is 5.26 Å². The summed E-state index contributed by atoms with van der Waals surface area (Å²) < 4.78 is 5.06. The Morgan fingerprint density at radius 2 is 1.97 bits per heavy atom. The monoisotopic (exact) mass is 432 g/mol. The van der Waals surface area contributed by atoms with E-state index in [0.29, 0.717) is 44.1 Å². The lowest BCUT2D eigenvalue weighted by Crippen LogP contribution is -2.54. The van der Waals surface area contributed by atoms with Gasteiger partial charge in [0.25, 0.3) is 0 Å². The normalized spacial score (nSPS) is 18.5. The quantitative estimate of drug-likeness (QED) is 0.685. The largest absolute Gasteiger partial charge is 0.384 e. The SMILES string of the molecule is COCCC(=O)N1CCN(c2nc(C3CC3)c(-c3c(C)cccc3C)cc2C#N)CC1C. The number of carbonyl (C=O) groups is 1. The van der Waals surface area contributed by atoms with Crippen molar-refractivity contribution < 1.29 is 9.53 Å². The zero-order chi connectivity index (χ0) is 22.8. The number of carbonyl (C=O) groups excluding carboxylic acids is 1. The number of ether oxygens (including phenoxy) is 1. The van der Waals surface area contributed by atoms with Crippen LogP contribution in [0.25, 0.3) is 11.1 Å². The number of aryl methyl sites for hydroxylation is 2. The summed E-state index contributed by atoms with van der Waals surface area (Å²) in [5.41, 5.74) is 6.45. The van der Waals surface area contributed by atoms with Crippen LogP contribution >= 0.6 is 0 Å². The maximum atomic E-state index is 12.5. The summed E-state index contributed by atoms with van der Waals surface area (Å²) >= 11 is 0. The first kappa shape index (κ1) is 22.3. The van der Waals surface area contributed by atoms with Crippen LogP contribution in [0.1, 0.15) is 54.5 Å². The molecule has 1 aliphatic carbocycles. The van der Waals surface area contributed by atoms with Crippen LogP contribution in [0.2, 0.25) is 0 Å². The Kier molecular flexibility index (Phi) is 6.48. The molecule has 2 fully saturated rings. The summed E-state index contributed by atoms with van der Waals surface area (Å²) in [7, 11) is 1.61. The van der Waals surface area contributed by atoms with Gasteiger partial charge in [0, 0.05) is 44.3 Å². The lowest BCUT2D eigenvalue weighted by atomic mass is 9.92. The van der Waals surface area contributed by atoms with Gasteiger partial charge in [0.2, 0.25) is 5.91 Å². The Balaban J connectivity index is 1.67. The first-order chi connectivity index (χ1) is 15.4. The Morgan fingerprint density at radius 1 is 1.25 bits per heavy atom. The standard InChI is InChI=1S/C26H32N4O2/c1-17-6-5-7-18(2)24(17)22-14-21(15-27)26(28-25(22)20-8-9-20)29-11-12-30(19(3)16-29)23(31)10-13-32-4/h5-7,14,19-20H,8-13,16H2,1-4H3. The molecule has 2 aliphatic rings. The molecule has 1 amide bonds. The van der Waals surface area contributed by atoms with Gasteiger partial charge in [0.05, 0.1) is 24.3 Å². The molecule has 4 rings (SSSR count). The van der Waals surface area contributed by atoms with Gasteiger partial charge in [0.1, 0.15) is 11.9 Å². The van der Waals surface area contributed by atoms with Crippen molar-refractivity contribution in [2.24, 2.45) is 0 Å². The van der Waals surface area contributed by atoms with Crippen molar-refractivity contribution in [2.45, 2.75) is 52.0 Å². The van der Waals surface area contributed by atoms with E-state index in [1.54, 1.807) is 7.11 Å². The van der Waals surface area contributed by atoms with Crippen LogP contribution in [0.4, 0.5) is 5.82 Å². The van der Waals surface area contributed by atoms with Crippen molar-refractivity contribution >= 4 is 11.7 Å². The number of methoxy groups -OCH3 is 1. The Morgan fingerprint density at radius 3 is 2.56 bits per heavy atom. The second kappa shape index (κ2) is 9.30. The van der Waals surface area contributed by atoms with Crippen molar-refractivity contribution in [3.05, 3.63) is 46.6 Å². The molecule has 0 N–H and O–H groups in total. The van der Waals surface area contributed by atoms with E-state index in [4.69, 9.17) is 9.72 Å². The number of anilines is 1. The van der Waals surface area contributed by atoms with Gasteiger partial charge in [-0.1, -0.05) is 18.2 Å². The summed E-state index contributed by atoms with van der Waals surface area (Å²) in [5.74, 6) is 1.35. The number of nitrogens with zero attached hydrogens (tertiary/aromatic N) is 4.